The topological polar surface area (TPSA) is 43.2 Å². The summed E-state index contributed by atoms with van der Waals surface area (Å²) in [5.41, 5.74) is 1.17. The van der Waals surface area contributed by atoms with Gasteiger partial charge in [0.15, 0.2) is 0 Å². The number of methoxy groups -OCH3 is 1. The molecule has 1 aliphatic heterocycles. The van der Waals surface area contributed by atoms with Gasteiger partial charge in [-0.15, -0.1) is 11.3 Å². The van der Waals surface area contributed by atoms with Crippen molar-refractivity contribution in [2.75, 3.05) is 13.7 Å². The zero-order valence-corrected chi connectivity index (χ0v) is 12.1. The van der Waals surface area contributed by atoms with Gasteiger partial charge in [0.1, 0.15) is 10.8 Å². The van der Waals surface area contributed by atoms with Gasteiger partial charge in [0.2, 0.25) is 0 Å². The zero-order valence-electron chi connectivity index (χ0n) is 11.2. The van der Waals surface area contributed by atoms with Crippen LogP contribution < -0.4 is 0 Å². The summed E-state index contributed by atoms with van der Waals surface area (Å²) in [6, 6.07) is 0.322. The van der Waals surface area contributed by atoms with Crippen molar-refractivity contribution in [2.45, 2.75) is 32.7 Å². The molecule has 0 saturated heterocycles. The lowest BCUT2D eigenvalue weighted by atomic mass is 10.2. The molecular weight excluding hydrogens is 260 g/mol. The molecule has 19 heavy (non-hydrogen) atoms. The average Bonchev–Trinajstić information content (AvgIpc) is 3.04. The van der Waals surface area contributed by atoms with Crippen molar-refractivity contribution in [3.05, 3.63) is 34.3 Å². The predicted molar refractivity (Wildman–Crippen MR) is 73.9 cm³/mol. The van der Waals surface area contributed by atoms with E-state index in [0.717, 1.165) is 25.5 Å². The van der Waals surface area contributed by atoms with E-state index < -0.39 is 0 Å². The second-order valence-electron chi connectivity index (χ2n) is 4.76. The van der Waals surface area contributed by atoms with Crippen molar-refractivity contribution in [1.29, 1.82) is 0 Å². The summed E-state index contributed by atoms with van der Waals surface area (Å²) in [7, 11) is 1.72. The van der Waals surface area contributed by atoms with Crippen molar-refractivity contribution in [1.82, 2.24) is 19.4 Å². The van der Waals surface area contributed by atoms with Crippen LogP contribution in [0.25, 0.3) is 0 Å². The first-order valence-electron chi connectivity index (χ1n) is 6.45. The number of hydrogen-bond acceptors (Lipinski definition) is 5. The van der Waals surface area contributed by atoms with Gasteiger partial charge in [-0.25, -0.2) is 9.97 Å². The van der Waals surface area contributed by atoms with E-state index in [1.165, 1.54) is 10.7 Å². The number of thiazole rings is 1. The zero-order chi connectivity index (χ0) is 13.2. The highest BCUT2D eigenvalue weighted by atomic mass is 32.1. The third-order valence-electron chi connectivity index (χ3n) is 3.62. The van der Waals surface area contributed by atoms with Crippen molar-refractivity contribution in [3.8, 4) is 0 Å². The molecule has 0 radical (unpaired) electrons. The summed E-state index contributed by atoms with van der Waals surface area (Å²) in [5, 5.41) is 3.20. The van der Waals surface area contributed by atoms with E-state index in [2.05, 4.69) is 26.4 Å². The molecule has 0 spiro atoms. The third-order valence-corrected chi connectivity index (χ3v) is 4.38. The summed E-state index contributed by atoms with van der Waals surface area (Å²) >= 11 is 1.71. The molecule has 0 aromatic carbocycles. The molecule has 2 aromatic heterocycles. The Balaban J connectivity index is 1.78. The van der Waals surface area contributed by atoms with Crippen LogP contribution in [0.1, 0.15) is 29.5 Å². The minimum absolute atomic E-state index is 0.322. The van der Waals surface area contributed by atoms with Crippen LogP contribution in [0.5, 0.6) is 0 Å². The van der Waals surface area contributed by atoms with Gasteiger partial charge in [0.25, 0.3) is 0 Å². The lowest BCUT2D eigenvalue weighted by molar-refractivity contribution is 0.143. The fraction of sp³-hybridized carbons (Fsp3) is 0.538. The maximum Gasteiger partial charge on any atom is 0.126 e. The molecular formula is C13H18N4OS. The maximum atomic E-state index is 5.22. The van der Waals surface area contributed by atoms with Crippen LogP contribution in [0.15, 0.2) is 17.8 Å². The fourth-order valence-electron chi connectivity index (χ4n) is 2.59. The molecule has 5 nitrogen and oxygen atoms in total. The van der Waals surface area contributed by atoms with Crippen LogP contribution in [0.2, 0.25) is 0 Å². The van der Waals surface area contributed by atoms with Gasteiger partial charge in [-0.05, 0) is 6.92 Å². The summed E-state index contributed by atoms with van der Waals surface area (Å²) in [4.78, 5) is 11.4. The van der Waals surface area contributed by atoms with Crippen molar-refractivity contribution < 1.29 is 4.74 Å². The molecule has 6 heteroatoms. The van der Waals surface area contributed by atoms with E-state index in [0.29, 0.717) is 12.6 Å². The highest BCUT2D eigenvalue weighted by Crippen LogP contribution is 2.27. The molecule has 102 valence electrons. The van der Waals surface area contributed by atoms with Gasteiger partial charge in [0.05, 0.1) is 31.1 Å². The van der Waals surface area contributed by atoms with Crippen molar-refractivity contribution in [3.63, 3.8) is 0 Å². The van der Waals surface area contributed by atoms with Gasteiger partial charge in [-0.2, -0.15) is 0 Å². The van der Waals surface area contributed by atoms with E-state index >= 15 is 0 Å². The van der Waals surface area contributed by atoms with Crippen LogP contribution in [-0.4, -0.2) is 33.1 Å². The lowest BCUT2D eigenvalue weighted by Crippen LogP contribution is -2.37. The Hall–Kier alpha value is -1.24. The van der Waals surface area contributed by atoms with Gasteiger partial charge in [0, 0.05) is 31.8 Å². The highest BCUT2D eigenvalue weighted by molar-refractivity contribution is 7.09. The van der Waals surface area contributed by atoms with Gasteiger partial charge < -0.3 is 9.30 Å². The average molecular weight is 278 g/mol. The quantitative estimate of drug-likeness (QED) is 0.858. The van der Waals surface area contributed by atoms with Gasteiger partial charge >= 0.3 is 0 Å². The monoisotopic (exact) mass is 278 g/mol. The summed E-state index contributed by atoms with van der Waals surface area (Å²) < 4.78 is 7.50. The Kier molecular flexibility index (Phi) is 3.63. The predicted octanol–water partition coefficient (Wildman–Crippen LogP) is 2.06. The van der Waals surface area contributed by atoms with E-state index in [9.17, 15) is 0 Å². The fourth-order valence-corrected chi connectivity index (χ4v) is 3.23. The molecule has 1 aliphatic rings. The van der Waals surface area contributed by atoms with Crippen molar-refractivity contribution in [2.24, 2.45) is 0 Å². The number of nitrogens with zero attached hydrogens (tertiary/aromatic N) is 4. The molecule has 0 bridgehead atoms. The largest absolute Gasteiger partial charge is 0.378 e. The smallest absolute Gasteiger partial charge is 0.126 e. The van der Waals surface area contributed by atoms with Crippen LogP contribution in [-0.2, 0) is 24.4 Å². The first-order chi connectivity index (χ1) is 9.29. The molecule has 0 fully saturated rings. The number of imidazole rings is 1. The van der Waals surface area contributed by atoms with Crippen LogP contribution in [0.4, 0.5) is 0 Å². The molecule has 2 aromatic rings. The second kappa shape index (κ2) is 5.40. The first-order valence-corrected chi connectivity index (χ1v) is 7.33. The van der Waals surface area contributed by atoms with E-state index in [1.54, 1.807) is 18.4 Å². The molecule has 0 N–H and O–H groups in total. The summed E-state index contributed by atoms with van der Waals surface area (Å²) in [6.07, 6.45) is 3.80. The minimum Gasteiger partial charge on any atom is -0.378 e. The van der Waals surface area contributed by atoms with Crippen molar-refractivity contribution >= 4 is 11.3 Å². The van der Waals surface area contributed by atoms with Gasteiger partial charge in [-0.3, -0.25) is 4.90 Å². The maximum absolute atomic E-state index is 5.22. The Morgan fingerprint density at radius 3 is 3.05 bits per heavy atom. The molecule has 0 unspecified atom stereocenters. The Labute approximate surface area is 116 Å². The van der Waals surface area contributed by atoms with E-state index in [-0.39, 0.29) is 0 Å². The van der Waals surface area contributed by atoms with E-state index in [4.69, 9.17) is 4.74 Å². The standard InChI is InChI=1S/C13H18N4OS/c1-10-13-15-7-11(9-18-2)17(13)5-4-16(10)8-12-14-3-6-19-12/h3,6-7,10H,4-5,8-9H2,1-2H3/t10-/m0/s1. The van der Waals surface area contributed by atoms with Crippen LogP contribution in [0.3, 0.4) is 0 Å². The molecule has 3 rings (SSSR count). The van der Waals surface area contributed by atoms with E-state index in [1.807, 2.05) is 17.8 Å². The Bertz CT molecular complexity index is 537. The normalized spacial score (nSPS) is 19.6. The SMILES string of the molecule is COCc1cnc2n1CCN(Cc1nccs1)[C@H]2C. The molecule has 0 amide bonds. The number of hydrogen-bond donors (Lipinski definition) is 0. The summed E-state index contributed by atoms with van der Waals surface area (Å²) in [5.74, 6) is 1.13. The summed E-state index contributed by atoms with van der Waals surface area (Å²) in [6.45, 7) is 5.75. The molecule has 3 heterocycles. The Morgan fingerprint density at radius 1 is 1.42 bits per heavy atom. The Morgan fingerprint density at radius 2 is 2.32 bits per heavy atom. The molecule has 0 saturated carbocycles. The van der Waals surface area contributed by atoms with Gasteiger partial charge in [-0.1, -0.05) is 0 Å². The number of ether oxygens (including phenoxy) is 1. The van der Waals surface area contributed by atoms with Crippen LogP contribution >= 0.6 is 11.3 Å². The third kappa shape index (κ3) is 2.43. The number of rotatable bonds is 4. The van der Waals surface area contributed by atoms with Crippen LogP contribution in [0, 0.1) is 0 Å². The highest BCUT2D eigenvalue weighted by Gasteiger charge is 2.27. The first kappa shape index (κ1) is 12.8. The molecule has 1 atom stereocenters. The number of aromatic nitrogens is 3. The number of fused-ring (bicyclic) bond motifs is 1. The lowest BCUT2D eigenvalue weighted by Gasteiger charge is -2.33. The molecule has 0 aliphatic carbocycles. The minimum atomic E-state index is 0.322. The second-order valence-corrected chi connectivity index (χ2v) is 5.74.